The fraction of sp³-hybridized carbons (Fsp3) is 0.379. The Hall–Kier alpha value is -4.23. The number of ether oxygens (including phenoxy) is 2. The maximum atomic E-state index is 14.3. The summed E-state index contributed by atoms with van der Waals surface area (Å²) in [5.74, 6) is 0.671. The Balaban J connectivity index is 1.48. The lowest BCUT2D eigenvalue weighted by Gasteiger charge is -2.43. The highest BCUT2D eigenvalue weighted by molar-refractivity contribution is 6.00. The molecule has 0 aliphatic carbocycles. The molecule has 42 heavy (non-hydrogen) atoms. The van der Waals surface area contributed by atoms with Crippen LogP contribution in [0.15, 0.2) is 48.9 Å². The molecule has 1 aliphatic heterocycles. The van der Waals surface area contributed by atoms with Crippen LogP contribution in [0.2, 0.25) is 0 Å². The van der Waals surface area contributed by atoms with Crippen molar-refractivity contribution in [2.45, 2.75) is 32.1 Å². The number of hydrogen-bond acceptors (Lipinski definition) is 8. The number of nitrogens with zero attached hydrogens (tertiary/aromatic N) is 6. The lowest BCUT2D eigenvalue weighted by Crippen LogP contribution is -2.55. The number of amides is 1. The van der Waals surface area contributed by atoms with E-state index >= 15 is 0 Å². The van der Waals surface area contributed by atoms with Crippen molar-refractivity contribution in [2.75, 3.05) is 40.5 Å². The summed E-state index contributed by atoms with van der Waals surface area (Å²) in [6.07, 6.45) is -0.350. The zero-order chi connectivity index (χ0) is 30.2. The number of alkyl halides is 3. The van der Waals surface area contributed by atoms with Crippen LogP contribution in [0.5, 0.6) is 11.5 Å². The number of carbonyl (C=O) groups excluding carboxylic acids is 1. The summed E-state index contributed by atoms with van der Waals surface area (Å²) in [7, 11) is 3.04. The largest absolute Gasteiger partial charge is 0.497 e. The predicted molar refractivity (Wildman–Crippen MR) is 147 cm³/mol. The summed E-state index contributed by atoms with van der Waals surface area (Å²) in [6, 6.07) is 7.51. The summed E-state index contributed by atoms with van der Waals surface area (Å²) in [4.78, 5) is 26.2. The molecule has 0 spiro atoms. The van der Waals surface area contributed by atoms with E-state index in [1.807, 2.05) is 11.8 Å². The molecule has 1 aliphatic rings. The second-order valence-electron chi connectivity index (χ2n) is 10.1. The predicted octanol–water partition coefficient (Wildman–Crippen LogP) is 4.02. The first-order valence-corrected chi connectivity index (χ1v) is 13.3. The molecule has 1 aromatic carbocycles. The number of aliphatic hydroxyl groups excluding tert-OH is 1. The Labute approximate surface area is 240 Å². The van der Waals surface area contributed by atoms with E-state index < -0.39 is 23.8 Å². The van der Waals surface area contributed by atoms with E-state index in [0.29, 0.717) is 34.7 Å². The first-order chi connectivity index (χ1) is 20.1. The second-order valence-corrected chi connectivity index (χ2v) is 10.1. The van der Waals surface area contributed by atoms with Gasteiger partial charge in [-0.2, -0.15) is 18.3 Å². The van der Waals surface area contributed by atoms with Crippen LogP contribution in [0, 0.1) is 6.92 Å². The van der Waals surface area contributed by atoms with Crippen LogP contribution in [0.4, 0.5) is 13.2 Å². The van der Waals surface area contributed by atoms with E-state index in [4.69, 9.17) is 9.47 Å². The van der Waals surface area contributed by atoms with Crippen LogP contribution >= 0.6 is 0 Å². The molecule has 222 valence electrons. The van der Waals surface area contributed by atoms with Crippen molar-refractivity contribution in [2.24, 2.45) is 0 Å². The number of carbonyl (C=O) groups is 1. The number of rotatable bonds is 7. The van der Waals surface area contributed by atoms with Crippen molar-refractivity contribution in [3.63, 3.8) is 0 Å². The molecule has 0 saturated carbocycles. The number of benzene rings is 1. The van der Waals surface area contributed by atoms with Crippen LogP contribution in [-0.2, 0) is 6.18 Å². The van der Waals surface area contributed by atoms with Crippen LogP contribution in [0.25, 0.3) is 16.9 Å². The first kappa shape index (κ1) is 29.3. The summed E-state index contributed by atoms with van der Waals surface area (Å²) >= 11 is 0. The molecule has 2 atom stereocenters. The Kier molecular flexibility index (Phi) is 8.06. The van der Waals surface area contributed by atoms with Gasteiger partial charge in [0.05, 0.1) is 38.8 Å². The first-order valence-electron chi connectivity index (χ1n) is 13.3. The Morgan fingerprint density at radius 3 is 2.48 bits per heavy atom. The maximum absolute atomic E-state index is 14.3. The second kappa shape index (κ2) is 11.6. The molecule has 0 unspecified atom stereocenters. The van der Waals surface area contributed by atoms with Gasteiger partial charge in [0.15, 0.2) is 11.3 Å². The van der Waals surface area contributed by atoms with E-state index in [9.17, 15) is 23.1 Å². The minimum Gasteiger partial charge on any atom is -0.497 e. The summed E-state index contributed by atoms with van der Waals surface area (Å²) < 4.78 is 54.3. The average molecular weight is 585 g/mol. The molecule has 13 heteroatoms. The van der Waals surface area contributed by atoms with Gasteiger partial charge >= 0.3 is 6.18 Å². The number of hydrogen-bond donors (Lipinski definition) is 1. The van der Waals surface area contributed by atoms with Gasteiger partial charge in [0, 0.05) is 54.8 Å². The van der Waals surface area contributed by atoms with Crippen molar-refractivity contribution in [1.82, 2.24) is 29.4 Å². The minimum atomic E-state index is -4.75. The van der Waals surface area contributed by atoms with Crippen molar-refractivity contribution in [3.05, 3.63) is 71.3 Å². The van der Waals surface area contributed by atoms with Gasteiger partial charge in [0.25, 0.3) is 5.91 Å². The molecule has 1 saturated heterocycles. The van der Waals surface area contributed by atoms with E-state index in [0.717, 1.165) is 11.8 Å². The number of fused-ring (bicyclic) bond motifs is 1. The summed E-state index contributed by atoms with van der Waals surface area (Å²) in [6.45, 7) is 4.11. The van der Waals surface area contributed by atoms with Gasteiger partial charge in [0.1, 0.15) is 17.1 Å². The Morgan fingerprint density at radius 1 is 1.12 bits per heavy atom. The van der Waals surface area contributed by atoms with Crippen molar-refractivity contribution >= 4 is 11.6 Å². The van der Waals surface area contributed by atoms with Crippen LogP contribution < -0.4 is 9.47 Å². The number of aliphatic hydroxyl groups is 1. The highest BCUT2D eigenvalue weighted by Crippen LogP contribution is 2.37. The molecule has 1 amide bonds. The molecule has 0 radical (unpaired) electrons. The quantitative estimate of drug-likeness (QED) is 0.348. The lowest BCUT2D eigenvalue weighted by atomic mass is 10.0. The van der Waals surface area contributed by atoms with Gasteiger partial charge in [-0.1, -0.05) is 0 Å². The highest BCUT2D eigenvalue weighted by Gasteiger charge is 2.40. The standard InChI is InChI=1S/C29H31F3N6O4/c1-17-15-36(23(16-39)21-13-33-10-9-24(21)42-4)11-12-37(17)28(40)22-14-34-38-26(29(30,31)32)18(2)25(35-27(22)38)19-5-7-20(41-3)8-6-19/h5-10,13-14,17,23,39H,11-12,15-16H2,1-4H3/t17-,23+/m1/s1. The lowest BCUT2D eigenvalue weighted by molar-refractivity contribution is -0.143. The van der Waals surface area contributed by atoms with Crippen molar-refractivity contribution in [1.29, 1.82) is 0 Å². The van der Waals surface area contributed by atoms with E-state index in [-0.39, 0.29) is 41.7 Å². The highest BCUT2D eigenvalue weighted by atomic mass is 19.4. The molecule has 5 rings (SSSR count). The number of methoxy groups -OCH3 is 2. The molecular formula is C29H31F3N6O4. The number of piperazine rings is 1. The monoisotopic (exact) mass is 584 g/mol. The molecule has 1 N–H and O–H groups in total. The van der Waals surface area contributed by atoms with Gasteiger partial charge < -0.3 is 19.5 Å². The van der Waals surface area contributed by atoms with Gasteiger partial charge in [-0.3, -0.25) is 14.7 Å². The fourth-order valence-electron chi connectivity index (χ4n) is 5.55. The van der Waals surface area contributed by atoms with Crippen molar-refractivity contribution in [3.8, 4) is 22.8 Å². The van der Waals surface area contributed by atoms with E-state index in [1.165, 1.54) is 14.0 Å². The molecule has 0 bridgehead atoms. The normalized spacial score (nSPS) is 17.0. The molecule has 10 nitrogen and oxygen atoms in total. The van der Waals surface area contributed by atoms with Crippen LogP contribution in [0.1, 0.15) is 40.1 Å². The number of pyridine rings is 1. The SMILES string of the molecule is COc1ccc(-c2nc3c(C(=O)N4CCN([C@@H](CO)c5cnccc5OC)C[C@H]4C)cnn3c(C(F)(F)F)c2C)cc1. The number of halogens is 3. The fourth-order valence-corrected chi connectivity index (χ4v) is 5.55. The molecule has 1 fully saturated rings. The third-order valence-corrected chi connectivity index (χ3v) is 7.67. The third kappa shape index (κ3) is 5.25. The maximum Gasteiger partial charge on any atom is 0.433 e. The molecule has 3 aromatic heterocycles. The topological polar surface area (TPSA) is 105 Å². The van der Waals surface area contributed by atoms with Gasteiger partial charge in [-0.15, -0.1) is 0 Å². The van der Waals surface area contributed by atoms with E-state index in [1.54, 1.807) is 54.7 Å². The van der Waals surface area contributed by atoms with Gasteiger partial charge in [-0.25, -0.2) is 9.50 Å². The molecular weight excluding hydrogens is 553 g/mol. The average Bonchev–Trinajstić information content (AvgIpc) is 3.39. The van der Waals surface area contributed by atoms with Crippen LogP contribution in [-0.4, -0.2) is 86.9 Å². The van der Waals surface area contributed by atoms with Gasteiger partial charge in [-0.05, 0) is 44.2 Å². The van der Waals surface area contributed by atoms with Crippen LogP contribution in [0.3, 0.4) is 0 Å². The number of aromatic nitrogens is 4. The molecule has 4 aromatic rings. The zero-order valence-corrected chi connectivity index (χ0v) is 23.6. The minimum absolute atomic E-state index is 0.0248. The third-order valence-electron chi connectivity index (χ3n) is 7.67. The van der Waals surface area contributed by atoms with Gasteiger partial charge in [0.2, 0.25) is 0 Å². The van der Waals surface area contributed by atoms with Crippen molar-refractivity contribution < 1.29 is 32.5 Å². The Bertz CT molecular complexity index is 1590. The summed E-state index contributed by atoms with van der Waals surface area (Å²) in [5, 5.41) is 14.2. The summed E-state index contributed by atoms with van der Waals surface area (Å²) in [5.41, 5.74) is -0.0289. The smallest absolute Gasteiger partial charge is 0.433 e. The Morgan fingerprint density at radius 2 is 1.86 bits per heavy atom. The molecule has 4 heterocycles. The van der Waals surface area contributed by atoms with E-state index in [2.05, 4.69) is 15.1 Å². The zero-order valence-electron chi connectivity index (χ0n) is 23.6.